The van der Waals surface area contributed by atoms with Crippen LogP contribution < -0.4 is 16.4 Å². The molecular weight excluding hydrogens is 246 g/mol. The minimum atomic E-state index is -0.452. The molecule has 1 aromatic carbocycles. The Hall–Kier alpha value is -2.64. The van der Waals surface area contributed by atoms with Crippen LogP contribution in [0, 0.1) is 0 Å². The lowest BCUT2D eigenvalue weighted by Crippen LogP contribution is -2.35. The first kappa shape index (κ1) is 12.8. The number of amides is 1. The minimum absolute atomic E-state index is 0.0308. The molecule has 0 radical (unpaired) electrons. The smallest absolute Gasteiger partial charge is 0.246 e. The van der Waals surface area contributed by atoms with Crippen molar-refractivity contribution in [2.75, 3.05) is 17.2 Å². The first-order valence-corrected chi connectivity index (χ1v) is 5.66. The SMILES string of the molecule is Cn1nnnc1N(CC(N)=O)Cc1cccc(N)c1. The van der Waals surface area contributed by atoms with E-state index in [0.717, 1.165) is 5.56 Å². The Balaban J connectivity index is 2.24. The van der Waals surface area contributed by atoms with Crippen LogP contribution in [-0.2, 0) is 18.4 Å². The van der Waals surface area contributed by atoms with Gasteiger partial charge in [0.1, 0.15) is 0 Å². The number of anilines is 2. The molecule has 1 heterocycles. The second-order valence-corrected chi connectivity index (χ2v) is 4.17. The number of nitrogens with zero attached hydrogens (tertiary/aromatic N) is 5. The summed E-state index contributed by atoms with van der Waals surface area (Å²) in [6.07, 6.45) is 0. The van der Waals surface area contributed by atoms with Gasteiger partial charge in [-0.2, -0.15) is 0 Å². The second-order valence-electron chi connectivity index (χ2n) is 4.17. The highest BCUT2D eigenvalue weighted by Crippen LogP contribution is 2.14. The first-order valence-electron chi connectivity index (χ1n) is 5.66. The van der Waals surface area contributed by atoms with Crippen molar-refractivity contribution in [3.8, 4) is 0 Å². The van der Waals surface area contributed by atoms with E-state index in [-0.39, 0.29) is 6.54 Å². The van der Waals surface area contributed by atoms with Crippen molar-refractivity contribution in [1.29, 1.82) is 0 Å². The first-order chi connectivity index (χ1) is 9.06. The lowest BCUT2D eigenvalue weighted by molar-refractivity contribution is -0.116. The molecule has 0 aliphatic carbocycles. The van der Waals surface area contributed by atoms with Gasteiger partial charge < -0.3 is 16.4 Å². The van der Waals surface area contributed by atoms with E-state index in [1.54, 1.807) is 18.0 Å². The van der Waals surface area contributed by atoms with Gasteiger partial charge in [0, 0.05) is 19.3 Å². The van der Waals surface area contributed by atoms with Gasteiger partial charge in [0.05, 0.1) is 6.54 Å². The molecule has 0 saturated carbocycles. The topological polar surface area (TPSA) is 116 Å². The van der Waals surface area contributed by atoms with Crippen LogP contribution in [-0.4, -0.2) is 32.7 Å². The summed E-state index contributed by atoms with van der Waals surface area (Å²) in [5.74, 6) is 0.0214. The molecule has 0 unspecified atom stereocenters. The van der Waals surface area contributed by atoms with E-state index in [9.17, 15) is 4.79 Å². The quantitative estimate of drug-likeness (QED) is 0.686. The van der Waals surface area contributed by atoms with Crippen molar-refractivity contribution in [2.24, 2.45) is 12.8 Å². The summed E-state index contributed by atoms with van der Waals surface area (Å²) in [6, 6.07) is 7.39. The number of aryl methyl sites for hydroxylation is 1. The fourth-order valence-corrected chi connectivity index (χ4v) is 1.79. The Morgan fingerprint density at radius 3 is 2.84 bits per heavy atom. The normalized spacial score (nSPS) is 10.4. The third-order valence-corrected chi connectivity index (χ3v) is 2.55. The van der Waals surface area contributed by atoms with Crippen LogP contribution in [0.25, 0.3) is 0 Å². The lowest BCUT2D eigenvalue weighted by atomic mass is 10.2. The predicted octanol–water partition coefficient (Wildman–Crippen LogP) is -0.716. The van der Waals surface area contributed by atoms with Crippen molar-refractivity contribution < 1.29 is 4.79 Å². The molecule has 0 saturated heterocycles. The molecule has 1 amide bonds. The van der Waals surface area contributed by atoms with Crippen molar-refractivity contribution in [2.45, 2.75) is 6.54 Å². The highest BCUT2D eigenvalue weighted by atomic mass is 16.1. The molecule has 0 aliphatic heterocycles. The van der Waals surface area contributed by atoms with Gasteiger partial charge in [-0.1, -0.05) is 17.2 Å². The van der Waals surface area contributed by atoms with Crippen LogP contribution in [0.3, 0.4) is 0 Å². The average Bonchev–Trinajstić information content (AvgIpc) is 2.74. The molecule has 4 N–H and O–H groups in total. The summed E-state index contributed by atoms with van der Waals surface area (Å²) in [6.45, 7) is 0.477. The zero-order chi connectivity index (χ0) is 13.8. The summed E-state index contributed by atoms with van der Waals surface area (Å²) >= 11 is 0. The molecule has 100 valence electrons. The second kappa shape index (κ2) is 5.34. The summed E-state index contributed by atoms with van der Waals surface area (Å²) in [5, 5.41) is 11.2. The number of rotatable bonds is 5. The molecule has 1 aromatic heterocycles. The molecule has 19 heavy (non-hydrogen) atoms. The number of nitrogens with two attached hydrogens (primary N) is 2. The summed E-state index contributed by atoms with van der Waals surface area (Å²) in [7, 11) is 1.70. The number of benzene rings is 1. The Morgan fingerprint density at radius 1 is 1.47 bits per heavy atom. The maximum atomic E-state index is 11.2. The molecule has 0 bridgehead atoms. The Kier molecular flexibility index (Phi) is 3.60. The number of tetrazole rings is 1. The fourth-order valence-electron chi connectivity index (χ4n) is 1.79. The van der Waals surface area contributed by atoms with Gasteiger partial charge in [-0.25, -0.2) is 4.68 Å². The molecule has 0 spiro atoms. The molecule has 2 aromatic rings. The summed E-state index contributed by atoms with van der Waals surface area (Å²) in [4.78, 5) is 12.8. The van der Waals surface area contributed by atoms with E-state index in [4.69, 9.17) is 11.5 Å². The summed E-state index contributed by atoms with van der Waals surface area (Å²) < 4.78 is 1.48. The molecule has 2 rings (SSSR count). The van der Waals surface area contributed by atoms with E-state index >= 15 is 0 Å². The van der Waals surface area contributed by atoms with E-state index in [0.29, 0.717) is 18.2 Å². The van der Waals surface area contributed by atoms with E-state index < -0.39 is 5.91 Å². The zero-order valence-electron chi connectivity index (χ0n) is 10.5. The third-order valence-electron chi connectivity index (χ3n) is 2.55. The highest BCUT2D eigenvalue weighted by molar-refractivity contribution is 5.78. The molecular formula is C11H15N7O. The Morgan fingerprint density at radius 2 is 2.26 bits per heavy atom. The third kappa shape index (κ3) is 3.18. The van der Waals surface area contributed by atoms with Crippen LogP contribution in [0.4, 0.5) is 11.6 Å². The highest BCUT2D eigenvalue weighted by Gasteiger charge is 2.15. The van der Waals surface area contributed by atoms with Gasteiger partial charge in [-0.3, -0.25) is 4.79 Å². The summed E-state index contributed by atoms with van der Waals surface area (Å²) in [5.41, 5.74) is 12.6. The molecule has 8 heteroatoms. The zero-order valence-corrected chi connectivity index (χ0v) is 10.5. The van der Waals surface area contributed by atoms with Crippen molar-refractivity contribution in [3.63, 3.8) is 0 Å². The van der Waals surface area contributed by atoms with E-state index in [2.05, 4.69) is 15.5 Å². The maximum absolute atomic E-state index is 11.2. The number of aromatic nitrogens is 4. The molecule has 0 atom stereocenters. The molecule has 8 nitrogen and oxygen atoms in total. The Labute approximate surface area is 110 Å². The largest absolute Gasteiger partial charge is 0.399 e. The lowest BCUT2D eigenvalue weighted by Gasteiger charge is -2.20. The van der Waals surface area contributed by atoms with Crippen molar-refractivity contribution >= 4 is 17.5 Å². The number of nitrogen functional groups attached to an aromatic ring is 1. The van der Waals surface area contributed by atoms with Crippen LogP contribution in [0.1, 0.15) is 5.56 Å². The van der Waals surface area contributed by atoms with Gasteiger partial charge in [0.15, 0.2) is 0 Å². The fraction of sp³-hybridized carbons (Fsp3) is 0.273. The number of hydrogen-bond acceptors (Lipinski definition) is 6. The predicted molar refractivity (Wildman–Crippen MR) is 69.9 cm³/mol. The Bertz CT molecular complexity index is 580. The average molecular weight is 261 g/mol. The van der Waals surface area contributed by atoms with Crippen molar-refractivity contribution in [1.82, 2.24) is 20.2 Å². The van der Waals surface area contributed by atoms with Crippen LogP contribution in [0.2, 0.25) is 0 Å². The number of carbonyl (C=O) groups is 1. The van der Waals surface area contributed by atoms with Gasteiger partial charge in [0.25, 0.3) is 0 Å². The van der Waals surface area contributed by atoms with E-state index in [1.807, 2.05) is 18.2 Å². The van der Waals surface area contributed by atoms with Crippen molar-refractivity contribution in [3.05, 3.63) is 29.8 Å². The van der Waals surface area contributed by atoms with Gasteiger partial charge in [0.2, 0.25) is 11.9 Å². The van der Waals surface area contributed by atoms with Gasteiger partial charge in [-0.05, 0) is 28.1 Å². The number of primary amides is 1. The van der Waals surface area contributed by atoms with Crippen LogP contribution in [0.5, 0.6) is 0 Å². The van der Waals surface area contributed by atoms with Crippen LogP contribution in [0.15, 0.2) is 24.3 Å². The van der Waals surface area contributed by atoms with Gasteiger partial charge in [-0.15, -0.1) is 0 Å². The van der Waals surface area contributed by atoms with Crippen LogP contribution >= 0.6 is 0 Å². The minimum Gasteiger partial charge on any atom is -0.399 e. The molecule has 0 fully saturated rings. The monoisotopic (exact) mass is 261 g/mol. The number of hydrogen-bond donors (Lipinski definition) is 2. The van der Waals surface area contributed by atoms with Gasteiger partial charge >= 0.3 is 0 Å². The maximum Gasteiger partial charge on any atom is 0.246 e. The molecule has 0 aliphatic rings. The standard InChI is InChI=1S/C11H15N7O/c1-17-11(14-15-16-17)18(7-10(13)19)6-8-3-2-4-9(12)5-8/h2-5H,6-7,12H2,1H3,(H2,13,19). The van der Waals surface area contributed by atoms with E-state index in [1.165, 1.54) is 4.68 Å². The number of carbonyl (C=O) groups excluding carboxylic acids is 1.